The summed E-state index contributed by atoms with van der Waals surface area (Å²) in [5.74, 6) is -0.573. The van der Waals surface area contributed by atoms with Crippen LogP contribution in [0.3, 0.4) is 0 Å². The molecular weight excluding hydrogens is 244 g/mol. The summed E-state index contributed by atoms with van der Waals surface area (Å²) in [7, 11) is 1.27. The second kappa shape index (κ2) is 4.96. The van der Waals surface area contributed by atoms with E-state index in [1.165, 1.54) is 13.3 Å². The van der Waals surface area contributed by atoms with Gasteiger partial charge in [0, 0.05) is 16.5 Å². The van der Waals surface area contributed by atoms with E-state index in [2.05, 4.69) is 19.7 Å². The van der Waals surface area contributed by atoms with Crippen LogP contribution in [0.5, 0.6) is 0 Å². The van der Waals surface area contributed by atoms with Gasteiger partial charge >= 0.3 is 5.97 Å². The van der Waals surface area contributed by atoms with E-state index < -0.39 is 5.97 Å². The Labute approximate surface area is 109 Å². The number of hydrogen-bond acceptors (Lipinski definition) is 4. The number of aromatic nitrogens is 1. The zero-order chi connectivity index (χ0) is 14.0. The molecule has 0 aliphatic rings. The fourth-order valence-corrected chi connectivity index (χ4v) is 2.06. The number of carbonyl (C=O) groups excluding carboxylic acids is 1. The van der Waals surface area contributed by atoms with Gasteiger partial charge in [-0.2, -0.15) is 0 Å². The van der Waals surface area contributed by atoms with Crippen molar-refractivity contribution in [1.29, 1.82) is 0 Å². The normalized spacial score (nSPS) is 10.1. The Morgan fingerprint density at radius 1 is 1.42 bits per heavy atom. The molecule has 1 aromatic carbocycles. The molecule has 6 nitrogen and oxygen atoms in total. The van der Waals surface area contributed by atoms with Gasteiger partial charge in [-0.05, 0) is 31.0 Å². The SMILES string of the molecule is COC(=O)c1cnc2c(C)cc(C)cc2c1N=[N+]=[N-]. The van der Waals surface area contributed by atoms with Crippen LogP contribution in [0.4, 0.5) is 5.69 Å². The van der Waals surface area contributed by atoms with Crippen LogP contribution >= 0.6 is 0 Å². The quantitative estimate of drug-likeness (QED) is 0.356. The Balaban J connectivity index is 2.91. The molecule has 19 heavy (non-hydrogen) atoms. The lowest BCUT2D eigenvalue weighted by atomic mass is 10.0. The summed E-state index contributed by atoms with van der Waals surface area (Å²) >= 11 is 0. The first-order chi connectivity index (χ1) is 9.08. The maximum atomic E-state index is 11.7. The number of pyridine rings is 1. The first kappa shape index (κ1) is 12.9. The van der Waals surface area contributed by atoms with Crippen LogP contribution in [-0.2, 0) is 4.74 Å². The van der Waals surface area contributed by atoms with Crippen molar-refractivity contribution < 1.29 is 9.53 Å². The molecule has 1 heterocycles. The zero-order valence-electron chi connectivity index (χ0n) is 10.8. The van der Waals surface area contributed by atoms with Gasteiger partial charge in [0.2, 0.25) is 0 Å². The highest BCUT2D eigenvalue weighted by atomic mass is 16.5. The number of methoxy groups -OCH3 is 1. The van der Waals surface area contributed by atoms with E-state index in [1.54, 1.807) is 0 Å². The number of carbonyl (C=O) groups is 1. The fourth-order valence-electron chi connectivity index (χ4n) is 2.06. The molecule has 2 aromatic rings. The van der Waals surface area contributed by atoms with Crippen molar-refractivity contribution in [1.82, 2.24) is 4.98 Å². The predicted molar refractivity (Wildman–Crippen MR) is 71.4 cm³/mol. The molecule has 1 aromatic heterocycles. The molecule has 0 spiro atoms. The summed E-state index contributed by atoms with van der Waals surface area (Å²) in [6, 6.07) is 3.82. The van der Waals surface area contributed by atoms with E-state index in [-0.39, 0.29) is 11.3 Å². The van der Waals surface area contributed by atoms with Gasteiger partial charge in [0.1, 0.15) is 0 Å². The summed E-state index contributed by atoms with van der Waals surface area (Å²) in [5.41, 5.74) is 11.8. The summed E-state index contributed by atoms with van der Waals surface area (Å²) in [4.78, 5) is 18.7. The largest absolute Gasteiger partial charge is 0.465 e. The molecule has 0 atom stereocenters. The minimum atomic E-state index is -0.573. The second-order valence-corrected chi connectivity index (χ2v) is 4.18. The Bertz CT molecular complexity index is 718. The summed E-state index contributed by atoms with van der Waals surface area (Å²) < 4.78 is 4.67. The second-order valence-electron chi connectivity index (χ2n) is 4.18. The highest BCUT2D eigenvalue weighted by molar-refractivity contribution is 6.04. The van der Waals surface area contributed by atoms with E-state index in [4.69, 9.17) is 5.53 Å². The molecule has 6 heteroatoms. The van der Waals surface area contributed by atoms with Gasteiger partial charge in [0.15, 0.2) is 0 Å². The number of ether oxygens (including phenoxy) is 1. The molecule has 0 aliphatic heterocycles. The van der Waals surface area contributed by atoms with Crippen molar-refractivity contribution in [2.24, 2.45) is 5.11 Å². The number of nitrogens with zero attached hydrogens (tertiary/aromatic N) is 4. The Kier molecular flexibility index (Phi) is 3.35. The van der Waals surface area contributed by atoms with Crippen LogP contribution < -0.4 is 0 Å². The molecule has 0 N–H and O–H groups in total. The molecule has 0 bridgehead atoms. The average molecular weight is 256 g/mol. The summed E-state index contributed by atoms with van der Waals surface area (Å²) in [6.45, 7) is 3.84. The van der Waals surface area contributed by atoms with Crippen molar-refractivity contribution in [2.75, 3.05) is 7.11 Å². The van der Waals surface area contributed by atoms with Crippen LogP contribution in [-0.4, -0.2) is 18.1 Å². The van der Waals surface area contributed by atoms with Gasteiger partial charge in [0.25, 0.3) is 0 Å². The highest BCUT2D eigenvalue weighted by Crippen LogP contribution is 2.31. The maximum absolute atomic E-state index is 11.7. The minimum Gasteiger partial charge on any atom is -0.465 e. The van der Waals surface area contributed by atoms with Crippen molar-refractivity contribution in [3.05, 3.63) is 45.5 Å². The van der Waals surface area contributed by atoms with Crippen LogP contribution in [0.1, 0.15) is 21.5 Å². The van der Waals surface area contributed by atoms with Crippen LogP contribution in [0.2, 0.25) is 0 Å². The number of fused-ring (bicyclic) bond motifs is 1. The monoisotopic (exact) mass is 256 g/mol. The number of hydrogen-bond donors (Lipinski definition) is 0. The van der Waals surface area contributed by atoms with Gasteiger partial charge in [-0.15, -0.1) is 0 Å². The lowest BCUT2D eigenvalue weighted by molar-refractivity contribution is 0.0601. The molecule has 0 radical (unpaired) electrons. The van der Waals surface area contributed by atoms with Gasteiger partial charge in [-0.25, -0.2) is 4.79 Å². The lowest BCUT2D eigenvalue weighted by Crippen LogP contribution is -2.03. The third kappa shape index (κ3) is 2.21. The van der Waals surface area contributed by atoms with Crippen LogP contribution in [0.25, 0.3) is 21.3 Å². The molecular formula is C13H12N4O2. The van der Waals surface area contributed by atoms with E-state index in [0.717, 1.165) is 11.1 Å². The predicted octanol–water partition coefficient (Wildman–Crippen LogP) is 3.58. The lowest BCUT2D eigenvalue weighted by Gasteiger charge is -2.09. The number of benzene rings is 1. The van der Waals surface area contributed by atoms with Gasteiger partial charge < -0.3 is 4.74 Å². The third-order valence-corrected chi connectivity index (χ3v) is 2.83. The van der Waals surface area contributed by atoms with Gasteiger partial charge in [0.05, 0.1) is 23.9 Å². The summed E-state index contributed by atoms with van der Waals surface area (Å²) in [5, 5.41) is 4.28. The topological polar surface area (TPSA) is 88.0 Å². The number of azide groups is 1. The smallest absolute Gasteiger partial charge is 0.339 e. The average Bonchev–Trinajstić information content (AvgIpc) is 2.38. The van der Waals surface area contributed by atoms with Crippen molar-refractivity contribution >= 4 is 22.6 Å². The standard InChI is InChI=1S/C13H12N4O2/c1-7-4-8(2)11-9(5-7)12(16-17-14)10(6-15-11)13(18)19-3/h4-6H,1-3H3. The van der Waals surface area contributed by atoms with Crippen molar-refractivity contribution in [2.45, 2.75) is 13.8 Å². The van der Waals surface area contributed by atoms with Gasteiger partial charge in [-0.3, -0.25) is 4.98 Å². The Morgan fingerprint density at radius 2 is 2.16 bits per heavy atom. The Hall–Kier alpha value is -2.59. The molecule has 0 fully saturated rings. The minimum absolute atomic E-state index is 0.165. The molecule has 0 saturated carbocycles. The zero-order valence-corrected chi connectivity index (χ0v) is 10.8. The molecule has 0 unspecified atom stereocenters. The maximum Gasteiger partial charge on any atom is 0.339 e. The third-order valence-electron chi connectivity index (χ3n) is 2.83. The first-order valence-corrected chi connectivity index (χ1v) is 5.62. The van der Waals surface area contributed by atoms with Crippen molar-refractivity contribution in [3.8, 4) is 0 Å². The van der Waals surface area contributed by atoms with E-state index in [9.17, 15) is 4.79 Å². The molecule has 0 aliphatic carbocycles. The fraction of sp³-hybridized carbons (Fsp3) is 0.231. The van der Waals surface area contributed by atoms with Crippen LogP contribution in [0.15, 0.2) is 23.4 Å². The number of esters is 1. The summed E-state index contributed by atoms with van der Waals surface area (Å²) in [6.07, 6.45) is 1.38. The first-order valence-electron chi connectivity index (χ1n) is 5.62. The van der Waals surface area contributed by atoms with E-state index >= 15 is 0 Å². The number of aryl methyl sites for hydroxylation is 2. The van der Waals surface area contributed by atoms with E-state index in [0.29, 0.717) is 10.9 Å². The highest BCUT2D eigenvalue weighted by Gasteiger charge is 2.16. The number of rotatable bonds is 2. The molecule has 2 rings (SSSR count). The van der Waals surface area contributed by atoms with Gasteiger partial charge in [-0.1, -0.05) is 16.7 Å². The molecule has 96 valence electrons. The van der Waals surface area contributed by atoms with Crippen molar-refractivity contribution in [3.63, 3.8) is 0 Å². The van der Waals surface area contributed by atoms with Crippen LogP contribution in [0, 0.1) is 13.8 Å². The molecule has 0 amide bonds. The van der Waals surface area contributed by atoms with E-state index in [1.807, 2.05) is 26.0 Å². The molecule has 0 saturated heterocycles. The Morgan fingerprint density at radius 3 is 2.79 bits per heavy atom.